The molecule has 0 radical (unpaired) electrons. The van der Waals surface area contributed by atoms with E-state index in [-0.39, 0.29) is 17.2 Å². The predicted octanol–water partition coefficient (Wildman–Crippen LogP) is 7.39. The van der Waals surface area contributed by atoms with E-state index in [1.165, 1.54) is 24.9 Å². The molecule has 0 aromatic heterocycles. The van der Waals surface area contributed by atoms with Gasteiger partial charge in [-0.25, -0.2) is 0 Å². The highest BCUT2D eigenvalue weighted by molar-refractivity contribution is 8.00. The van der Waals surface area contributed by atoms with Gasteiger partial charge >= 0.3 is 0 Å². The lowest BCUT2D eigenvalue weighted by Crippen LogP contribution is -2.30. The average molecular weight is 592 g/mol. The van der Waals surface area contributed by atoms with Gasteiger partial charge in [-0.15, -0.1) is 11.8 Å². The van der Waals surface area contributed by atoms with Crippen LogP contribution in [0.3, 0.4) is 0 Å². The van der Waals surface area contributed by atoms with E-state index in [0.717, 1.165) is 4.90 Å². The van der Waals surface area contributed by atoms with Crippen LogP contribution in [0.25, 0.3) is 6.08 Å². The quantitative estimate of drug-likeness (QED) is 0.114. The lowest BCUT2D eigenvalue weighted by atomic mass is 10.1. The molecule has 4 aromatic carbocycles. The summed E-state index contributed by atoms with van der Waals surface area (Å²) in [5.41, 5.74) is 1.94. The maximum atomic E-state index is 13.3. The van der Waals surface area contributed by atoms with Crippen molar-refractivity contribution in [1.82, 2.24) is 5.32 Å². The second kappa shape index (κ2) is 13.8. The van der Waals surface area contributed by atoms with E-state index in [1.807, 2.05) is 6.07 Å². The van der Waals surface area contributed by atoms with Crippen LogP contribution in [0.5, 0.6) is 5.75 Å². The van der Waals surface area contributed by atoms with Crippen LogP contribution in [0.15, 0.2) is 108 Å². The summed E-state index contributed by atoms with van der Waals surface area (Å²) in [6.07, 6.45) is 1.49. The first kappa shape index (κ1) is 29.0. The number of hydrogen-bond acceptors (Lipinski definition) is 5. The Morgan fingerprint density at radius 3 is 2.27 bits per heavy atom. The Balaban J connectivity index is 1.47. The molecule has 9 heteroatoms. The maximum Gasteiger partial charge on any atom is 0.272 e. The number of anilines is 1. The van der Waals surface area contributed by atoms with E-state index >= 15 is 0 Å². The number of halogens is 2. The molecule has 0 aliphatic carbocycles. The Morgan fingerprint density at radius 2 is 1.57 bits per heavy atom. The number of carbonyl (C=O) groups excluding carboxylic acids is 3. The van der Waals surface area contributed by atoms with Gasteiger partial charge in [0.15, 0.2) is 5.78 Å². The molecular weight excluding hydrogens is 567 g/mol. The van der Waals surface area contributed by atoms with Crippen molar-refractivity contribution in [3.63, 3.8) is 0 Å². The molecule has 4 aromatic rings. The van der Waals surface area contributed by atoms with Gasteiger partial charge in [-0.2, -0.15) is 0 Å². The first-order chi connectivity index (χ1) is 19.3. The molecule has 2 N–H and O–H groups in total. The van der Waals surface area contributed by atoms with Crippen LogP contribution in [0, 0.1) is 0 Å². The predicted molar refractivity (Wildman–Crippen MR) is 161 cm³/mol. The zero-order valence-electron chi connectivity index (χ0n) is 21.3. The Kier molecular flexibility index (Phi) is 10.0. The topological polar surface area (TPSA) is 84.5 Å². The molecule has 0 saturated heterocycles. The van der Waals surface area contributed by atoms with Gasteiger partial charge < -0.3 is 15.4 Å². The van der Waals surface area contributed by atoms with Crippen LogP contribution in [-0.4, -0.2) is 30.5 Å². The third-order valence-electron chi connectivity index (χ3n) is 5.68. The summed E-state index contributed by atoms with van der Waals surface area (Å²) in [6, 6.07) is 27.6. The standard InChI is InChI=1S/C31H24Cl2N2O4S/c1-39-29-10-6-5-9-25(29)28(36)19-40-24-15-13-23(14-16-24)34-31(38)27(17-21-11-12-22(32)18-26(21)33)35-30(37)20-7-3-2-4-8-20/h2-18H,19H2,1H3,(H,34,38)(H,35,37)/b27-17-. The number of thioether (sulfide) groups is 1. The monoisotopic (exact) mass is 590 g/mol. The molecule has 0 fully saturated rings. The van der Waals surface area contributed by atoms with Gasteiger partial charge in [-0.3, -0.25) is 14.4 Å². The van der Waals surface area contributed by atoms with E-state index in [9.17, 15) is 14.4 Å². The smallest absolute Gasteiger partial charge is 0.272 e. The van der Waals surface area contributed by atoms with Crippen LogP contribution >= 0.6 is 35.0 Å². The van der Waals surface area contributed by atoms with E-state index < -0.39 is 11.8 Å². The molecule has 6 nitrogen and oxygen atoms in total. The van der Waals surface area contributed by atoms with Gasteiger partial charge in [0, 0.05) is 26.2 Å². The number of rotatable bonds is 10. The zero-order valence-corrected chi connectivity index (χ0v) is 23.6. The van der Waals surface area contributed by atoms with Gasteiger partial charge in [0.2, 0.25) is 0 Å². The van der Waals surface area contributed by atoms with Gasteiger partial charge in [0.1, 0.15) is 11.4 Å². The molecule has 0 unspecified atom stereocenters. The Hall–Kier alpha value is -4.04. The summed E-state index contributed by atoms with van der Waals surface area (Å²) in [4.78, 5) is 39.6. The van der Waals surface area contributed by atoms with Crippen molar-refractivity contribution in [2.24, 2.45) is 0 Å². The summed E-state index contributed by atoms with van der Waals surface area (Å²) >= 11 is 13.7. The number of hydrogen-bond donors (Lipinski definition) is 2. The third kappa shape index (κ3) is 7.76. The first-order valence-corrected chi connectivity index (χ1v) is 13.8. The molecule has 0 aliphatic rings. The Bertz CT molecular complexity index is 1560. The number of amides is 2. The second-order valence-electron chi connectivity index (χ2n) is 8.43. The largest absolute Gasteiger partial charge is 0.496 e. The molecule has 2 amide bonds. The molecule has 0 heterocycles. The first-order valence-electron chi connectivity index (χ1n) is 12.1. The number of para-hydroxylation sites is 1. The van der Waals surface area contributed by atoms with Crippen molar-refractivity contribution >= 4 is 64.3 Å². The number of ether oxygens (including phenoxy) is 1. The van der Waals surface area contributed by atoms with Crippen molar-refractivity contribution in [1.29, 1.82) is 0 Å². The summed E-state index contributed by atoms with van der Waals surface area (Å²) in [7, 11) is 1.53. The summed E-state index contributed by atoms with van der Waals surface area (Å²) in [6.45, 7) is 0. The lowest BCUT2D eigenvalue weighted by Gasteiger charge is -2.12. The lowest BCUT2D eigenvalue weighted by molar-refractivity contribution is -0.113. The molecule has 4 rings (SSSR count). The number of carbonyl (C=O) groups is 3. The minimum atomic E-state index is -0.540. The van der Waals surface area contributed by atoms with Crippen LogP contribution < -0.4 is 15.4 Å². The maximum absolute atomic E-state index is 13.3. The van der Waals surface area contributed by atoms with Crippen molar-refractivity contribution in [3.8, 4) is 5.75 Å². The van der Waals surface area contributed by atoms with Crippen molar-refractivity contribution in [2.45, 2.75) is 4.90 Å². The van der Waals surface area contributed by atoms with Gasteiger partial charge in [-0.05, 0) is 72.3 Å². The molecule has 202 valence electrons. The fourth-order valence-corrected chi connectivity index (χ4v) is 4.90. The fraction of sp³-hybridized carbons (Fsp3) is 0.0645. The van der Waals surface area contributed by atoms with Crippen LogP contribution in [0.1, 0.15) is 26.3 Å². The van der Waals surface area contributed by atoms with Gasteiger partial charge in [0.25, 0.3) is 11.8 Å². The van der Waals surface area contributed by atoms with E-state index in [0.29, 0.717) is 38.2 Å². The number of nitrogens with one attached hydrogen (secondary N) is 2. The van der Waals surface area contributed by atoms with E-state index in [1.54, 1.807) is 91.0 Å². The van der Waals surface area contributed by atoms with Crippen LogP contribution in [-0.2, 0) is 4.79 Å². The van der Waals surface area contributed by atoms with Crippen molar-refractivity contribution in [3.05, 3.63) is 129 Å². The minimum absolute atomic E-state index is 0.000989. The van der Waals surface area contributed by atoms with Crippen molar-refractivity contribution < 1.29 is 19.1 Å². The van der Waals surface area contributed by atoms with E-state index in [2.05, 4.69) is 10.6 Å². The second-order valence-corrected chi connectivity index (χ2v) is 10.3. The highest BCUT2D eigenvalue weighted by Gasteiger charge is 2.16. The SMILES string of the molecule is COc1ccccc1C(=O)CSc1ccc(NC(=O)/C(=C/c2ccc(Cl)cc2Cl)NC(=O)c2ccccc2)cc1. The minimum Gasteiger partial charge on any atom is -0.496 e. The van der Waals surface area contributed by atoms with Gasteiger partial charge in [-0.1, -0.05) is 59.6 Å². The third-order valence-corrected chi connectivity index (χ3v) is 7.26. The molecule has 0 aliphatic heterocycles. The molecule has 40 heavy (non-hydrogen) atoms. The summed E-state index contributed by atoms with van der Waals surface area (Å²) in [5.74, 6) is -0.272. The van der Waals surface area contributed by atoms with Crippen LogP contribution in [0.4, 0.5) is 5.69 Å². The van der Waals surface area contributed by atoms with Gasteiger partial charge in [0.05, 0.1) is 18.4 Å². The normalized spacial score (nSPS) is 11.0. The Morgan fingerprint density at radius 1 is 0.875 bits per heavy atom. The van der Waals surface area contributed by atoms with Crippen molar-refractivity contribution in [2.75, 3.05) is 18.2 Å². The van der Waals surface area contributed by atoms with Crippen LogP contribution in [0.2, 0.25) is 10.0 Å². The number of methoxy groups -OCH3 is 1. The highest BCUT2D eigenvalue weighted by atomic mass is 35.5. The number of Topliss-reactive ketones (excluding diaryl/α,β-unsaturated/α-hetero) is 1. The zero-order chi connectivity index (χ0) is 28.5. The molecular formula is C31H24Cl2N2O4S. The number of ketones is 1. The fourth-order valence-electron chi connectivity index (χ4n) is 3.65. The molecule has 0 atom stereocenters. The molecule has 0 bridgehead atoms. The highest BCUT2D eigenvalue weighted by Crippen LogP contribution is 2.26. The van der Waals surface area contributed by atoms with E-state index in [4.69, 9.17) is 27.9 Å². The average Bonchev–Trinajstić information content (AvgIpc) is 2.97. The molecule has 0 spiro atoms. The molecule has 0 saturated carbocycles. The Labute approximate surface area is 246 Å². The summed E-state index contributed by atoms with van der Waals surface area (Å²) < 4.78 is 5.27. The summed E-state index contributed by atoms with van der Waals surface area (Å²) in [5, 5.41) is 6.26. The number of benzene rings is 4.